The lowest BCUT2D eigenvalue weighted by atomic mass is 10.1. The van der Waals surface area contributed by atoms with E-state index in [0.717, 1.165) is 83.7 Å². The first-order chi connectivity index (χ1) is 28.3. The van der Waals surface area contributed by atoms with Gasteiger partial charge in [0.05, 0.1) is 38.8 Å². The summed E-state index contributed by atoms with van der Waals surface area (Å²) in [5.41, 5.74) is 13.5. The smallest absolute Gasteiger partial charge is 0.222 e. The van der Waals surface area contributed by atoms with Crippen molar-refractivity contribution in [2.75, 3.05) is 0 Å². The van der Waals surface area contributed by atoms with Gasteiger partial charge in [0.15, 0.2) is 5.65 Å². The normalized spacial score (nSPS) is 12.2. The van der Waals surface area contributed by atoms with Crippen molar-refractivity contribution in [1.29, 1.82) is 0 Å². The van der Waals surface area contributed by atoms with Crippen molar-refractivity contribution in [2.24, 2.45) is 0 Å². The van der Waals surface area contributed by atoms with E-state index in [2.05, 4.69) is 185 Å². The second kappa shape index (κ2) is 11.3. The molecule has 7 aromatic heterocycles. The second-order valence-corrected chi connectivity index (χ2v) is 14.6. The van der Waals surface area contributed by atoms with Gasteiger partial charge < -0.3 is 4.57 Å². The van der Waals surface area contributed by atoms with Crippen LogP contribution in [-0.2, 0) is 0 Å². The predicted octanol–water partition coefficient (Wildman–Crippen LogP) is 11.4. The molecule has 0 aliphatic carbocycles. The fraction of sp³-hybridized carbons (Fsp3) is 0. The van der Waals surface area contributed by atoms with Crippen LogP contribution in [0, 0.1) is 0 Å². The van der Waals surface area contributed by atoms with E-state index in [0.29, 0.717) is 0 Å². The van der Waals surface area contributed by atoms with Crippen LogP contribution in [0.4, 0.5) is 0 Å². The lowest BCUT2D eigenvalue weighted by Gasteiger charge is -2.14. The number of aromatic nitrogens is 8. The molecule has 0 unspecified atom stereocenters. The molecule has 0 amide bonds. The van der Waals surface area contributed by atoms with E-state index in [1.54, 1.807) is 6.20 Å². The van der Waals surface area contributed by atoms with Crippen molar-refractivity contribution < 1.29 is 0 Å². The summed E-state index contributed by atoms with van der Waals surface area (Å²) in [7, 11) is 0. The molecule has 0 aliphatic heterocycles. The number of fused-ring (bicyclic) bond motifs is 13. The maximum Gasteiger partial charge on any atom is 0.222 e. The monoisotopic (exact) mass is 730 g/mol. The van der Waals surface area contributed by atoms with Crippen molar-refractivity contribution in [1.82, 2.24) is 37.6 Å². The summed E-state index contributed by atoms with van der Waals surface area (Å²) in [5, 5.41) is 5.90. The van der Waals surface area contributed by atoms with Gasteiger partial charge in [-0.05, 0) is 97.1 Å². The van der Waals surface area contributed by atoms with Crippen molar-refractivity contribution in [3.63, 3.8) is 0 Å². The maximum atomic E-state index is 5.07. The van der Waals surface area contributed by atoms with Crippen molar-refractivity contribution in [3.05, 3.63) is 182 Å². The third-order valence-electron chi connectivity index (χ3n) is 11.6. The minimum absolute atomic E-state index is 0.722. The van der Waals surface area contributed by atoms with Gasteiger partial charge in [-0.1, -0.05) is 72.8 Å². The average Bonchev–Trinajstić information content (AvgIpc) is 4.06. The molecular formula is C49H30N8. The van der Waals surface area contributed by atoms with Crippen LogP contribution in [0.5, 0.6) is 0 Å². The van der Waals surface area contributed by atoms with Gasteiger partial charge in [-0.2, -0.15) is 4.98 Å². The van der Waals surface area contributed by atoms with E-state index in [4.69, 9.17) is 9.97 Å². The number of benzene rings is 6. The zero-order valence-corrected chi connectivity index (χ0v) is 30.4. The molecule has 13 aromatic rings. The molecule has 0 N–H and O–H groups in total. The molecule has 0 atom stereocenters. The Morgan fingerprint density at radius 1 is 0.351 bits per heavy atom. The largest absolute Gasteiger partial charge is 0.309 e. The molecule has 6 aromatic carbocycles. The van der Waals surface area contributed by atoms with Gasteiger partial charge >= 0.3 is 0 Å². The summed E-state index contributed by atoms with van der Waals surface area (Å²) < 4.78 is 11.6. The Hall–Kier alpha value is -7.97. The number of nitrogens with zero attached hydrogens (tertiary/aromatic N) is 8. The summed E-state index contributed by atoms with van der Waals surface area (Å²) in [6, 6.07) is 60.5. The maximum absolute atomic E-state index is 5.07. The lowest BCUT2D eigenvalue weighted by Crippen LogP contribution is -2.03. The van der Waals surface area contributed by atoms with Gasteiger partial charge in [0.1, 0.15) is 11.3 Å². The molecule has 57 heavy (non-hydrogen) atoms. The number of rotatable bonds is 4. The molecule has 13 rings (SSSR count). The van der Waals surface area contributed by atoms with Crippen LogP contribution >= 0.6 is 0 Å². The Kier molecular flexibility index (Phi) is 6.01. The average molecular weight is 731 g/mol. The predicted molar refractivity (Wildman–Crippen MR) is 231 cm³/mol. The molecule has 8 nitrogen and oxygen atoms in total. The summed E-state index contributed by atoms with van der Waals surface area (Å²) in [4.78, 5) is 14.7. The van der Waals surface area contributed by atoms with E-state index in [1.165, 1.54) is 21.8 Å². The van der Waals surface area contributed by atoms with Gasteiger partial charge in [0.25, 0.3) is 0 Å². The highest BCUT2D eigenvalue weighted by Crippen LogP contribution is 2.42. The zero-order chi connectivity index (χ0) is 37.2. The van der Waals surface area contributed by atoms with E-state index in [-0.39, 0.29) is 0 Å². The first kappa shape index (κ1) is 30.4. The van der Waals surface area contributed by atoms with Gasteiger partial charge in [-0.3, -0.25) is 18.1 Å². The lowest BCUT2D eigenvalue weighted by molar-refractivity contribution is 1.04. The van der Waals surface area contributed by atoms with Crippen LogP contribution in [-0.4, -0.2) is 37.6 Å². The van der Waals surface area contributed by atoms with Gasteiger partial charge in [-0.15, -0.1) is 0 Å². The van der Waals surface area contributed by atoms with E-state index in [9.17, 15) is 0 Å². The molecular weight excluding hydrogens is 701 g/mol. The summed E-state index contributed by atoms with van der Waals surface area (Å²) >= 11 is 0. The van der Waals surface area contributed by atoms with Crippen molar-refractivity contribution in [2.45, 2.75) is 0 Å². The highest BCUT2D eigenvalue weighted by Gasteiger charge is 2.25. The number of pyridine rings is 2. The van der Waals surface area contributed by atoms with Crippen molar-refractivity contribution >= 4 is 82.8 Å². The highest BCUT2D eigenvalue weighted by molar-refractivity contribution is 6.22. The minimum atomic E-state index is 0.722. The van der Waals surface area contributed by atoms with E-state index >= 15 is 0 Å². The first-order valence-corrected chi connectivity index (χ1v) is 19.1. The fourth-order valence-electron chi connectivity index (χ4n) is 9.30. The fourth-order valence-corrected chi connectivity index (χ4v) is 9.30. The van der Waals surface area contributed by atoms with Gasteiger partial charge in [-0.25, -0.2) is 9.97 Å². The van der Waals surface area contributed by atoms with E-state index in [1.807, 2.05) is 18.3 Å². The van der Waals surface area contributed by atoms with Crippen molar-refractivity contribution in [3.8, 4) is 22.7 Å². The quantitative estimate of drug-likeness (QED) is 0.181. The van der Waals surface area contributed by atoms with Gasteiger partial charge in [0.2, 0.25) is 5.78 Å². The Bertz CT molecular complexity index is 3710. The SMILES string of the molecule is c1ccc(-n2c3ncccc3c3c4cc(-n5c6ccccc6c6ccccc65)ccc4n(-c4cccc(-n5c6ccccc6n6c7cccnc7nc56)c4)c32)cc1. The molecule has 0 saturated carbocycles. The summed E-state index contributed by atoms with van der Waals surface area (Å²) in [6.45, 7) is 0. The molecule has 7 heterocycles. The van der Waals surface area contributed by atoms with Crippen LogP contribution in [0.2, 0.25) is 0 Å². The molecule has 266 valence electrons. The third-order valence-corrected chi connectivity index (χ3v) is 11.6. The van der Waals surface area contributed by atoms with Crippen LogP contribution in [0.1, 0.15) is 0 Å². The summed E-state index contributed by atoms with van der Waals surface area (Å²) in [6.07, 6.45) is 3.70. The minimum Gasteiger partial charge on any atom is -0.309 e. The Labute approximate surface area is 324 Å². The molecule has 0 aliphatic rings. The molecule has 8 heteroatoms. The molecule has 0 radical (unpaired) electrons. The van der Waals surface area contributed by atoms with Crippen LogP contribution in [0.3, 0.4) is 0 Å². The Morgan fingerprint density at radius 3 is 1.75 bits per heavy atom. The zero-order valence-electron chi connectivity index (χ0n) is 30.4. The standard InChI is InChI=1S/C49H30N8/c1-2-13-31(14-3-1)56-47-37(19-11-28-51-47)45-38-30-34(53-39-20-6-4-17-35(39)36-18-5-7-21-40(36)53)25-26-41(38)54(48(45)56)32-15-10-16-33(29-32)55-42-22-8-9-23-43(42)57-44-24-12-27-50-46(44)52-49(55)57/h1-30H. The summed E-state index contributed by atoms with van der Waals surface area (Å²) in [5.74, 6) is 0.822. The number of hydrogen-bond acceptors (Lipinski definition) is 3. The highest BCUT2D eigenvalue weighted by atomic mass is 15.2. The van der Waals surface area contributed by atoms with Crippen LogP contribution in [0.25, 0.3) is 106 Å². The molecule has 0 saturated heterocycles. The molecule has 0 bridgehead atoms. The third kappa shape index (κ3) is 4.07. The van der Waals surface area contributed by atoms with Crippen LogP contribution < -0.4 is 0 Å². The number of para-hydroxylation sites is 5. The van der Waals surface area contributed by atoms with E-state index < -0.39 is 0 Å². The number of imidazole rings is 2. The number of hydrogen-bond donors (Lipinski definition) is 0. The second-order valence-electron chi connectivity index (χ2n) is 14.6. The Balaban J connectivity index is 1.14. The molecule has 0 fully saturated rings. The topological polar surface area (TPSA) is 62.8 Å². The first-order valence-electron chi connectivity index (χ1n) is 19.1. The van der Waals surface area contributed by atoms with Gasteiger partial charge in [0, 0.05) is 56.4 Å². The molecule has 0 spiro atoms. The Morgan fingerprint density at radius 2 is 0.947 bits per heavy atom. The van der Waals surface area contributed by atoms with Crippen LogP contribution in [0.15, 0.2) is 182 Å².